The van der Waals surface area contributed by atoms with Gasteiger partial charge in [-0.25, -0.2) is 4.39 Å². The SMILES string of the molecule is O=C(CN1CCN(Cc2cccc3ccccc23)CC1)Nc1ccc(F)c(Cl)c1. The Labute approximate surface area is 174 Å². The average Bonchev–Trinajstić information content (AvgIpc) is 2.72. The molecule has 0 saturated carbocycles. The average molecular weight is 412 g/mol. The number of rotatable bonds is 5. The van der Waals surface area contributed by atoms with Gasteiger partial charge in [-0.15, -0.1) is 0 Å². The highest BCUT2D eigenvalue weighted by molar-refractivity contribution is 6.31. The molecule has 1 heterocycles. The zero-order valence-corrected chi connectivity index (χ0v) is 16.8. The van der Waals surface area contributed by atoms with Crippen LogP contribution < -0.4 is 5.32 Å². The van der Waals surface area contributed by atoms with E-state index in [1.807, 2.05) is 0 Å². The molecule has 3 aromatic rings. The number of carbonyl (C=O) groups is 1. The van der Waals surface area contributed by atoms with Crippen molar-refractivity contribution in [2.24, 2.45) is 0 Å². The summed E-state index contributed by atoms with van der Waals surface area (Å²) < 4.78 is 13.2. The number of piperazine rings is 1. The lowest BCUT2D eigenvalue weighted by Gasteiger charge is -2.34. The molecule has 150 valence electrons. The molecule has 0 unspecified atom stereocenters. The summed E-state index contributed by atoms with van der Waals surface area (Å²) in [4.78, 5) is 16.9. The molecular formula is C23H23ClFN3O. The van der Waals surface area contributed by atoms with Gasteiger partial charge in [-0.1, -0.05) is 54.1 Å². The highest BCUT2D eigenvalue weighted by atomic mass is 35.5. The van der Waals surface area contributed by atoms with Crippen LogP contribution in [-0.4, -0.2) is 48.4 Å². The van der Waals surface area contributed by atoms with Crippen molar-refractivity contribution >= 4 is 34.0 Å². The smallest absolute Gasteiger partial charge is 0.238 e. The van der Waals surface area contributed by atoms with Crippen LogP contribution in [0.5, 0.6) is 0 Å². The minimum atomic E-state index is -0.494. The quantitative estimate of drug-likeness (QED) is 0.676. The molecule has 0 radical (unpaired) electrons. The van der Waals surface area contributed by atoms with E-state index < -0.39 is 5.82 Å². The van der Waals surface area contributed by atoms with Crippen molar-refractivity contribution in [2.75, 3.05) is 38.0 Å². The Kier molecular flexibility index (Phi) is 6.09. The summed E-state index contributed by atoms with van der Waals surface area (Å²) >= 11 is 5.77. The molecule has 0 aliphatic carbocycles. The molecule has 29 heavy (non-hydrogen) atoms. The lowest BCUT2D eigenvalue weighted by Crippen LogP contribution is -2.48. The van der Waals surface area contributed by atoms with E-state index in [1.54, 1.807) is 0 Å². The molecule has 1 aliphatic heterocycles. The van der Waals surface area contributed by atoms with Gasteiger partial charge in [0.25, 0.3) is 0 Å². The van der Waals surface area contributed by atoms with Crippen molar-refractivity contribution in [3.8, 4) is 0 Å². The normalized spacial score (nSPS) is 15.5. The highest BCUT2D eigenvalue weighted by Gasteiger charge is 2.19. The van der Waals surface area contributed by atoms with Gasteiger partial charge in [-0.05, 0) is 34.5 Å². The molecule has 0 atom stereocenters. The Balaban J connectivity index is 1.29. The summed E-state index contributed by atoms with van der Waals surface area (Å²) in [6, 6.07) is 19.1. The third-order valence-electron chi connectivity index (χ3n) is 5.31. The number of hydrogen-bond donors (Lipinski definition) is 1. The molecule has 3 aromatic carbocycles. The third kappa shape index (κ3) is 4.93. The van der Waals surface area contributed by atoms with Gasteiger partial charge in [0.2, 0.25) is 5.91 Å². The van der Waals surface area contributed by atoms with Crippen LogP contribution >= 0.6 is 11.6 Å². The largest absolute Gasteiger partial charge is 0.325 e. The molecule has 6 heteroatoms. The second-order valence-corrected chi connectivity index (χ2v) is 7.77. The molecule has 1 N–H and O–H groups in total. The van der Waals surface area contributed by atoms with Crippen LogP contribution in [0.3, 0.4) is 0 Å². The second kappa shape index (κ2) is 8.91. The van der Waals surface area contributed by atoms with E-state index in [-0.39, 0.29) is 10.9 Å². The standard InChI is InChI=1S/C23H23ClFN3O/c24-21-14-19(8-9-22(21)25)26-23(29)16-28-12-10-27(11-13-28)15-18-6-3-5-17-4-1-2-7-20(17)18/h1-9,14H,10-13,15-16H2,(H,26,29). The lowest BCUT2D eigenvalue weighted by atomic mass is 10.0. The second-order valence-electron chi connectivity index (χ2n) is 7.37. The fraction of sp³-hybridized carbons (Fsp3) is 0.261. The Hall–Kier alpha value is -2.47. The fourth-order valence-corrected chi connectivity index (χ4v) is 3.93. The first kappa shape index (κ1) is 19.8. The van der Waals surface area contributed by atoms with Crippen LogP contribution in [0.2, 0.25) is 5.02 Å². The van der Waals surface area contributed by atoms with Crippen LogP contribution in [0, 0.1) is 5.82 Å². The maximum atomic E-state index is 13.2. The number of nitrogens with zero attached hydrogens (tertiary/aromatic N) is 2. The van der Waals surface area contributed by atoms with Gasteiger partial charge in [0.05, 0.1) is 11.6 Å². The highest BCUT2D eigenvalue weighted by Crippen LogP contribution is 2.21. The number of amides is 1. The van der Waals surface area contributed by atoms with Crippen molar-refractivity contribution in [1.29, 1.82) is 0 Å². The van der Waals surface area contributed by atoms with Gasteiger partial charge in [0, 0.05) is 38.4 Å². The summed E-state index contributed by atoms with van der Waals surface area (Å²) in [7, 11) is 0. The molecule has 0 spiro atoms. The summed E-state index contributed by atoms with van der Waals surface area (Å²) in [6.45, 7) is 4.73. The minimum Gasteiger partial charge on any atom is -0.325 e. The number of halogens is 2. The van der Waals surface area contributed by atoms with Crippen molar-refractivity contribution in [1.82, 2.24) is 9.80 Å². The molecular weight excluding hydrogens is 389 g/mol. The monoisotopic (exact) mass is 411 g/mol. The van der Waals surface area contributed by atoms with E-state index in [1.165, 1.54) is 34.5 Å². The fourth-order valence-electron chi connectivity index (χ4n) is 3.75. The molecule has 1 saturated heterocycles. The molecule has 0 bridgehead atoms. The first-order valence-electron chi connectivity index (χ1n) is 9.75. The van der Waals surface area contributed by atoms with Gasteiger partial charge in [-0.2, -0.15) is 0 Å². The number of carbonyl (C=O) groups excluding carboxylic acids is 1. The lowest BCUT2D eigenvalue weighted by molar-refractivity contribution is -0.117. The Morgan fingerprint density at radius 1 is 0.966 bits per heavy atom. The van der Waals surface area contributed by atoms with Gasteiger partial charge in [0.1, 0.15) is 5.82 Å². The molecule has 4 rings (SSSR count). The zero-order valence-electron chi connectivity index (χ0n) is 16.1. The number of hydrogen-bond acceptors (Lipinski definition) is 3. The van der Waals surface area contributed by atoms with Gasteiger partial charge in [0.15, 0.2) is 0 Å². The van der Waals surface area contributed by atoms with E-state index in [4.69, 9.17) is 11.6 Å². The van der Waals surface area contributed by atoms with Crippen LogP contribution in [-0.2, 0) is 11.3 Å². The Morgan fingerprint density at radius 2 is 1.69 bits per heavy atom. The molecule has 1 fully saturated rings. The zero-order chi connectivity index (χ0) is 20.2. The van der Waals surface area contributed by atoms with Gasteiger partial charge < -0.3 is 5.32 Å². The molecule has 1 aliphatic rings. The Morgan fingerprint density at radius 3 is 2.48 bits per heavy atom. The maximum absolute atomic E-state index is 13.2. The molecule has 0 aromatic heterocycles. The summed E-state index contributed by atoms with van der Waals surface area (Å²) in [5, 5.41) is 5.35. The van der Waals surface area contributed by atoms with E-state index in [0.717, 1.165) is 32.7 Å². The topological polar surface area (TPSA) is 35.6 Å². The van der Waals surface area contributed by atoms with E-state index in [2.05, 4.69) is 57.6 Å². The third-order valence-corrected chi connectivity index (χ3v) is 5.60. The first-order chi connectivity index (χ1) is 14.1. The summed E-state index contributed by atoms with van der Waals surface area (Å²) in [6.07, 6.45) is 0. The van der Waals surface area contributed by atoms with E-state index >= 15 is 0 Å². The van der Waals surface area contributed by atoms with E-state index in [9.17, 15) is 9.18 Å². The van der Waals surface area contributed by atoms with Crippen LogP contribution in [0.1, 0.15) is 5.56 Å². The van der Waals surface area contributed by atoms with Crippen molar-refractivity contribution in [3.63, 3.8) is 0 Å². The molecule has 4 nitrogen and oxygen atoms in total. The van der Waals surface area contributed by atoms with Crippen LogP contribution in [0.15, 0.2) is 60.7 Å². The van der Waals surface area contributed by atoms with E-state index in [0.29, 0.717) is 12.2 Å². The number of fused-ring (bicyclic) bond motifs is 1. The van der Waals surface area contributed by atoms with Crippen molar-refractivity contribution in [2.45, 2.75) is 6.54 Å². The van der Waals surface area contributed by atoms with Crippen LogP contribution in [0.25, 0.3) is 10.8 Å². The van der Waals surface area contributed by atoms with Gasteiger partial charge in [-0.3, -0.25) is 14.6 Å². The summed E-state index contributed by atoms with van der Waals surface area (Å²) in [5.41, 5.74) is 1.85. The maximum Gasteiger partial charge on any atom is 0.238 e. The van der Waals surface area contributed by atoms with Crippen LogP contribution in [0.4, 0.5) is 10.1 Å². The predicted octanol–water partition coefficient (Wildman–Crippen LogP) is 4.39. The van der Waals surface area contributed by atoms with Crippen molar-refractivity contribution < 1.29 is 9.18 Å². The molecule has 1 amide bonds. The number of anilines is 1. The Bertz CT molecular complexity index is 1010. The first-order valence-corrected chi connectivity index (χ1v) is 10.1. The number of benzene rings is 3. The predicted molar refractivity (Wildman–Crippen MR) is 116 cm³/mol. The van der Waals surface area contributed by atoms with Crippen molar-refractivity contribution in [3.05, 3.63) is 77.1 Å². The summed E-state index contributed by atoms with van der Waals surface area (Å²) in [5.74, 6) is -0.609. The van der Waals surface area contributed by atoms with Gasteiger partial charge >= 0.3 is 0 Å². The number of nitrogens with one attached hydrogen (secondary N) is 1. The minimum absolute atomic E-state index is 0.00449.